The van der Waals surface area contributed by atoms with Crippen LogP contribution in [0, 0.1) is 0 Å². The number of hydrogen-bond acceptors (Lipinski definition) is 10. The third kappa shape index (κ3) is 7.57. The number of aliphatic carboxylic acids is 1. The Bertz CT molecular complexity index is 1170. The zero-order chi connectivity index (χ0) is 26.3. The van der Waals surface area contributed by atoms with E-state index in [0.29, 0.717) is 0 Å². The molecule has 2 aromatic heterocycles. The molecule has 0 spiro atoms. The number of thiophene rings is 2. The maximum atomic E-state index is 13.2. The lowest BCUT2D eigenvalue weighted by atomic mass is 9.96. The minimum absolute atomic E-state index is 0.00457. The van der Waals surface area contributed by atoms with Crippen molar-refractivity contribution in [2.75, 3.05) is 19.8 Å². The molecule has 0 aromatic carbocycles. The van der Waals surface area contributed by atoms with Gasteiger partial charge in [-0.2, -0.15) is 0 Å². The molecule has 0 saturated carbocycles. The molecule has 3 amide bonds. The molecule has 2 aromatic rings. The predicted molar refractivity (Wildman–Crippen MR) is 128 cm³/mol. The summed E-state index contributed by atoms with van der Waals surface area (Å²) in [5.41, 5.74) is 5.48. The number of carboxylic acids is 1. The van der Waals surface area contributed by atoms with Gasteiger partial charge in [0.15, 0.2) is 0 Å². The summed E-state index contributed by atoms with van der Waals surface area (Å²) in [6.45, 7) is -1.42. The second-order valence-electron chi connectivity index (χ2n) is 7.99. The summed E-state index contributed by atoms with van der Waals surface area (Å²) in [6.07, 6.45) is 0.283. The van der Waals surface area contributed by atoms with Gasteiger partial charge in [0.2, 0.25) is 27.7 Å². The first-order chi connectivity index (χ1) is 17.1. The van der Waals surface area contributed by atoms with Crippen LogP contribution in [0.25, 0.3) is 0 Å². The minimum atomic E-state index is -3.83. The molecule has 196 valence electrons. The Morgan fingerprint density at radius 3 is 2.50 bits per heavy atom. The molecule has 15 heteroatoms. The van der Waals surface area contributed by atoms with Crippen LogP contribution in [0.1, 0.15) is 17.7 Å². The van der Waals surface area contributed by atoms with Crippen molar-refractivity contribution in [2.24, 2.45) is 5.73 Å². The molecule has 36 heavy (non-hydrogen) atoms. The number of hydrogen-bond donors (Lipinski definition) is 3. The van der Waals surface area contributed by atoms with Crippen LogP contribution in [-0.4, -0.2) is 74.9 Å². The van der Waals surface area contributed by atoms with Gasteiger partial charge in [-0.3, -0.25) is 14.4 Å². The van der Waals surface area contributed by atoms with Gasteiger partial charge in [0.05, 0.1) is 12.6 Å². The smallest absolute Gasteiger partial charge is 0.250 e. The van der Waals surface area contributed by atoms with Crippen LogP contribution in [0.5, 0.6) is 0 Å². The standard InChI is InChI=1S/C21H26N4O8S3/c22-20(29)15(10-14-3-1-7-34-14)23-21(30)16-9-13(24-36(31,32)19-4-2-8-35-19)5-6-25(16)17(26)11-33-12-18(27)28/h1-4,7-8,13,15-16,24H,5-6,9-12H2,(H2,22,29)(H,23,30)(H,27,28)/p-1/t13-,15-,16-/m0/s1. The molecule has 3 atom stereocenters. The van der Waals surface area contributed by atoms with E-state index in [9.17, 15) is 32.7 Å². The largest absolute Gasteiger partial charge is 0.548 e. The third-order valence-electron chi connectivity index (χ3n) is 5.40. The fraction of sp³-hybridized carbons (Fsp3) is 0.429. The van der Waals surface area contributed by atoms with E-state index >= 15 is 0 Å². The lowest BCUT2D eigenvalue weighted by molar-refractivity contribution is -0.309. The summed E-state index contributed by atoms with van der Waals surface area (Å²) in [5.74, 6) is -3.62. The van der Waals surface area contributed by atoms with Crippen LogP contribution < -0.4 is 20.9 Å². The topological polar surface area (TPSA) is 188 Å². The molecular formula is C21H25N4O8S3-. The molecule has 0 radical (unpaired) electrons. The number of likely N-dealkylation sites (tertiary alicyclic amines) is 1. The van der Waals surface area contributed by atoms with Crippen LogP contribution in [0.3, 0.4) is 0 Å². The fourth-order valence-electron chi connectivity index (χ4n) is 3.74. The van der Waals surface area contributed by atoms with Crippen molar-refractivity contribution in [3.05, 3.63) is 39.9 Å². The van der Waals surface area contributed by atoms with Crippen molar-refractivity contribution in [1.29, 1.82) is 0 Å². The lowest BCUT2D eigenvalue weighted by Crippen LogP contribution is -2.60. The van der Waals surface area contributed by atoms with Gasteiger partial charge in [-0.15, -0.1) is 22.7 Å². The van der Waals surface area contributed by atoms with Crippen molar-refractivity contribution in [3.63, 3.8) is 0 Å². The number of primary amides is 1. The molecule has 4 N–H and O–H groups in total. The minimum Gasteiger partial charge on any atom is -0.548 e. The Morgan fingerprint density at radius 2 is 1.89 bits per heavy atom. The van der Waals surface area contributed by atoms with E-state index in [2.05, 4.69) is 10.0 Å². The average Bonchev–Trinajstić information content (AvgIpc) is 3.52. The number of carbonyl (C=O) groups excluding carboxylic acids is 4. The molecule has 1 aliphatic rings. The van der Waals surface area contributed by atoms with Crippen molar-refractivity contribution >= 4 is 56.4 Å². The van der Waals surface area contributed by atoms with Gasteiger partial charge >= 0.3 is 0 Å². The number of nitrogens with one attached hydrogen (secondary N) is 2. The van der Waals surface area contributed by atoms with Crippen LogP contribution in [0.4, 0.5) is 0 Å². The number of carboxylic acid groups (broad SMARTS) is 1. The zero-order valence-corrected chi connectivity index (χ0v) is 21.4. The van der Waals surface area contributed by atoms with E-state index in [4.69, 9.17) is 10.5 Å². The van der Waals surface area contributed by atoms with Crippen molar-refractivity contribution in [1.82, 2.24) is 14.9 Å². The maximum Gasteiger partial charge on any atom is 0.250 e. The number of nitrogens with zero attached hydrogens (tertiary/aromatic N) is 1. The number of rotatable bonds is 12. The van der Waals surface area contributed by atoms with Gasteiger partial charge in [0.25, 0.3) is 0 Å². The van der Waals surface area contributed by atoms with Crippen molar-refractivity contribution in [2.45, 2.75) is 41.6 Å². The summed E-state index contributed by atoms with van der Waals surface area (Å²) in [6, 6.07) is 3.74. The normalized spacial score (nSPS) is 18.9. The van der Waals surface area contributed by atoms with E-state index in [0.717, 1.165) is 16.2 Å². The lowest BCUT2D eigenvalue weighted by Gasteiger charge is -2.39. The highest BCUT2D eigenvalue weighted by Crippen LogP contribution is 2.23. The number of sulfonamides is 1. The molecular weight excluding hydrogens is 532 g/mol. The Morgan fingerprint density at radius 1 is 1.17 bits per heavy atom. The summed E-state index contributed by atoms with van der Waals surface area (Å²) in [7, 11) is -3.83. The highest BCUT2D eigenvalue weighted by molar-refractivity contribution is 7.91. The number of ether oxygens (including phenoxy) is 1. The Kier molecular flexibility index (Phi) is 9.56. The molecule has 1 fully saturated rings. The first-order valence-electron chi connectivity index (χ1n) is 10.8. The van der Waals surface area contributed by atoms with E-state index in [-0.39, 0.29) is 30.0 Å². The molecule has 0 bridgehead atoms. The first-order valence-corrected chi connectivity index (χ1v) is 14.1. The van der Waals surface area contributed by atoms with Crippen LogP contribution in [-0.2, 0) is 40.4 Å². The van der Waals surface area contributed by atoms with Crippen LogP contribution >= 0.6 is 22.7 Å². The van der Waals surface area contributed by atoms with E-state index in [1.54, 1.807) is 23.6 Å². The highest BCUT2D eigenvalue weighted by atomic mass is 32.2. The van der Waals surface area contributed by atoms with Crippen LogP contribution in [0.2, 0.25) is 0 Å². The summed E-state index contributed by atoms with van der Waals surface area (Å²) < 4.78 is 32.9. The molecule has 1 saturated heterocycles. The molecule has 12 nitrogen and oxygen atoms in total. The second kappa shape index (κ2) is 12.4. The van der Waals surface area contributed by atoms with Gasteiger partial charge in [-0.05, 0) is 35.7 Å². The summed E-state index contributed by atoms with van der Waals surface area (Å²) in [4.78, 5) is 50.6. The number of carbonyl (C=O) groups is 4. The van der Waals surface area contributed by atoms with E-state index in [1.807, 2.05) is 5.38 Å². The quantitative estimate of drug-likeness (QED) is 0.279. The molecule has 1 aliphatic heterocycles. The summed E-state index contributed by atoms with van der Waals surface area (Å²) >= 11 is 2.43. The average molecular weight is 558 g/mol. The molecule has 3 rings (SSSR count). The number of nitrogens with two attached hydrogens (primary N) is 1. The number of amides is 3. The zero-order valence-electron chi connectivity index (χ0n) is 19.0. The molecule has 0 aliphatic carbocycles. The van der Waals surface area contributed by atoms with Gasteiger partial charge in [-0.25, -0.2) is 13.1 Å². The SMILES string of the molecule is NC(=O)[C@H](Cc1cccs1)NC(=O)[C@@H]1C[C@@H](NS(=O)(=O)c2cccs2)CCN1C(=O)COCC(=O)[O-]. The molecule has 0 unspecified atom stereocenters. The van der Waals surface area contributed by atoms with Gasteiger partial charge in [0, 0.05) is 23.9 Å². The van der Waals surface area contributed by atoms with Crippen molar-refractivity contribution in [3.8, 4) is 0 Å². The first kappa shape index (κ1) is 27.7. The predicted octanol–water partition coefficient (Wildman–Crippen LogP) is -1.57. The van der Waals surface area contributed by atoms with E-state index in [1.165, 1.54) is 22.3 Å². The Labute approximate surface area is 215 Å². The number of piperidine rings is 1. The monoisotopic (exact) mass is 557 g/mol. The third-order valence-corrected chi connectivity index (χ3v) is 9.21. The van der Waals surface area contributed by atoms with Gasteiger partial charge in [-0.1, -0.05) is 12.1 Å². The van der Waals surface area contributed by atoms with Crippen LogP contribution in [0.15, 0.2) is 39.2 Å². The highest BCUT2D eigenvalue weighted by Gasteiger charge is 2.39. The Hall–Kier alpha value is -2.85. The Balaban J connectivity index is 1.75. The summed E-state index contributed by atoms with van der Waals surface area (Å²) in [5, 5.41) is 16.6. The van der Waals surface area contributed by atoms with Gasteiger partial charge < -0.3 is 30.6 Å². The van der Waals surface area contributed by atoms with Gasteiger partial charge in [0.1, 0.15) is 22.9 Å². The van der Waals surface area contributed by atoms with E-state index < -0.39 is 65.1 Å². The molecule has 3 heterocycles. The fourth-order valence-corrected chi connectivity index (χ4v) is 6.78. The maximum absolute atomic E-state index is 13.2. The second-order valence-corrected chi connectivity index (χ2v) is 11.9. The van der Waals surface area contributed by atoms with Crippen molar-refractivity contribution < 1.29 is 37.4 Å².